The average Bonchev–Trinajstić information content (AvgIpc) is 3.18. The molecule has 0 saturated heterocycles. The Labute approximate surface area is 446 Å². The molecule has 4 aliphatic rings. The van der Waals surface area contributed by atoms with Gasteiger partial charge in [-0.2, -0.15) is 0 Å². The van der Waals surface area contributed by atoms with Crippen LogP contribution < -0.4 is 18.9 Å². The van der Waals surface area contributed by atoms with Crippen molar-refractivity contribution < 1.29 is 43.9 Å². The molecule has 0 aliphatic heterocycles. The summed E-state index contributed by atoms with van der Waals surface area (Å²) >= 11 is 0. The molecule has 0 aromatic rings. The summed E-state index contributed by atoms with van der Waals surface area (Å²) in [6, 6.07) is 0.764. The molecule has 436 valence electrons. The fraction of sp³-hybridized carbons (Fsp3) is 1.00. The maximum Gasteiger partial charge on any atom is 0.208 e. The van der Waals surface area contributed by atoms with E-state index in [-0.39, 0.29) is 24.2 Å². The minimum absolute atomic E-state index is 0.181. The van der Waals surface area contributed by atoms with Crippen LogP contribution in [0.4, 0.5) is 0 Å². The summed E-state index contributed by atoms with van der Waals surface area (Å²) < 4.78 is 97.8. The lowest BCUT2D eigenvalue weighted by molar-refractivity contribution is 0.0411. The zero-order valence-electron chi connectivity index (χ0n) is 49.6. The maximum absolute atomic E-state index is 11.0. The van der Waals surface area contributed by atoms with Crippen molar-refractivity contribution in [2.45, 2.75) is 262 Å². The van der Waals surface area contributed by atoms with E-state index in [2.05, 4.69) is 102 Å². The quantitative estimate of drug-likeness (QED) is 0.0676. The molecule has 72 heavy (non-hydrogen) atoms. The van der Waals surface area contributed by atoms with Crippen LogP contribution in [0, 0.1) is 59.2 Å². The summed E-state index contributed by atoms with van der Waals surface area (Å²) in [5, 5.41) is 19.1. The van der Waals surface area contributed by atoms with Crippen LogP contribution >= 0.6 is 0 Å². The lowest BCUT2D eigenvalue weighted by atomic mass is 9.74. The largest absolute Gasteiger partial charge is 0.390 e. The number of sulfonamides is 4. The van der Waals surface area contributed by atoms with Crippen molar-refractivity contribution in [3.05, 3.63) is 0 Å². The second-order valence-electron chi connectivity index (χ2n) is 25.2. The summed E-state index contributed by atoms with van der Waals surface area (Å²) in [4.78, 5) is 0. The fourth-order valence-electron chi connectivity index (χ4n) is 9.18. The van der Waals surface area contributed by atoms with E-state index < -0.39 is 51.3 Å². The Morgan fingerprint density at radius 2 is 0.597 bits per heavy atom. The smallest absolute Gasteiger partial charge is 0.208 e. The molecule has 0 heterocycles. The van der Waals surface area contributed by atoms with Gasteiger partial charge in [0.25, 0.3) is 0 Å². The zero-order chi connectivity index (χ0) is 56.6. The highest BCUT2D eigenvalue weighted by Gasteiger charge is 2.34. The molecule has 4 fully saturated rings. The zero-order valence-corrected chi connectivity index (χ0v) is 52.9. The monoisotopic (exact) mass is 1110 g/mol. The second kappa shape index (κ2) is 34.4. The van der Waals surface area contributed by atoms with E-state index in [0.717, 1.165) is 139 Å². The molecule has 4 saturated carbocycles. The van der Waals surface area contributed by atoms with Gasteiger partial charge in [0.1, 0.15) is 0 Å². The van der Waals surface area contributed by atoms with Crippen LogP contribution in [0.1, 0.15) is 226 Å². The van der Waals surface area contributed by atoms with E-state index in [4.69, 9.17) is 0 Å². The van der Waals surface area contributed by atoms with Gasteiger partial charge < -0.3 is 10.2 Å². The SMILES string of the molecule is CC(C)C1CC(NS(C)(=O)=O)C1.CC(C)C1CC(NS(C)(=O)=O)C1.CC(C)C1CCC(NS(C)(=O)=O)CC1.CC(C)C1CCC(NS(C)(=O)=O)CC1.CC[C@@](C)(O)CCC(C)C.CC[C@](C)(O)CCC(C)C. The van der Waals surface area contributed by atoms with Crippen molar-refractivity contribution in [2.75, 3.05) is 25.0 Å². The summed E-state index contributed by atoms with van der Waals surface area (Å²) in [5.41, 5.74) is -0.853. The molecule has 0 amide bonds. The fourth-order valence-corrected chi connectivity index (χ4v) is 12.5. The molecule has 0 aromatic heterocycles. The first-order chi connectivity index (χ1) is 32.5. The van der Waals surface area contributed by atoms with E-state index in [9.17, 15) is 43.9 Å². The minimum atomic E-state index is -3.01. The number of hydrogen-bond acceptors (Lipinski definition) is 10. The van der Waals surface area contributed by atoms with Crippen LogP contribution in [-0.2, 0) is 40.1 Å². The van der Waals surface area contributed by atoms with Crippen molar-refractivity contribution in [2.24, 2.45) is 59.2 Å². The number of nitrogens with one attached hydrogen (secondary N) is 4. The Kier molecular flexibility index (Phi) is 35.2. The Morgan fingerprint density at radius 3 is 0.764 bits per heavy atom. The number of hydrogen-bond donors (Lipinski definition) is 6. The summed E-state index contributed by atoms with van der Waals surface area (Å²) in [7, 11) is -12.0. The third kappa shape index (κ3) is 40.8. The Hall–Kier alpha value is -0.440. The third-order valence-electron chi connectivity index (χ3n) is 15.2. The van der Waals surface area contributed by atoms with Gasteiger partial charge in [-0.15, -0.1) is 0 Å². The summed E-state index contributed by atoms with van der Waals surface area (Å²) in [6.45, 7) is 34.3. The standard InChI is InChI=1S/2C10H21NO2S.2C9H20O.2C8H17NO2S/c2*1-8(2)9-4-6-10(7-5-9)11-14(3,12)13;2*1-5-9(4,10)7-6-8(2)3;2*1-6(2)7-4-8(5-7)9-12(3,10)11/h2*8-11H,4-7H2,1-3H3;2*8,10H,5-7H2,1-4H3;2*6-9H,4-5H2,1-3H3/t;;2*9-;;/m..10../s1. The molecule has 14 nitrogen and oxygen atoms in total. The van der Waals surface area contributed by atoms with E-state index in [1.165, 1.54) is 25.0 Å². The highest BCUT2D eigenvalue weighted by atomic mass is 32.2. The normalized spacial score (nSPS) is 26.4. The first-order valence-electron chi connectivity index (χ1n) is 27.8. The van der Waals surface area contributed by atoms with Crippen LogP contribution in [0.5, 0.6) is 0 Å². The molecule has 4 aliphatic carbocycles. The molecule has 4 rings (SSSR count). The van der Waals surface area contributed by atoms with Gasteiger partial charge in [-0.05, 0) is 189 Å². The number of aliphatic hydroxyl groups is 2. The van der Waals surface area contributed by atoms with Gasteiger partial charge in [-0.25, -0.2) is 52.6 Å². The third-order valence-corrected chi connectivity index (χ3v) is 18.3. The van der Waals surface area contributed by atoms with Crippen molar-refractivity contribution in [3.8, 4) is 0 Å². The molecule has 0 radical (unpaired) electrons. The van der Waals surface area contributed by atoms with Crippen LogP contribution in [0.15, 0.2) is 0 Å². The molecule has 0 unspecified atom stereocenters. The van der Waals surface area contributed by atoms with Crippen molar-refractivity contribution in [1.29, 1.82) is 0 Å². The Bertz CT molecular complexity index is 1720. The second-order valence-corrected chi connectivity index (χ2v) is 32.3. The maximum atomic E-state index is 11.0. The number of rotatable bonds is 20. The van der Waals surface area contributed by atoms with E-state index in [1.807, 2.05) is 27.7 Å². The van der Waals surface area contributed by atoms with Gasteiger partial charge in [0.2, 0.25) is 40.1 Å². The minimum Gasteiger partial charge on any atom is -0.390 e. The van der Waals surface area contributed by atoms with Gasteiger partial charge in [-0.1, -0.05) is 96.9 Å². The van der Waals surface area contributed by atoms with Crippen LogP contribution in [0.3, 0.4) is 0 Å². The van der Waals surface area contributed by atoms with E-state index >= 15 is 0 Å². The van der Waals surface area contributed by atoms with Gasteiger partial charge in [-0.3, -0.25) is 0 Å². The Balaban J connectivity index is 0. The lowest BCUT2D eigenvalue weighted by Gasteiger charge is -2.37. The molecule has 18 heteroatoms. The first kappa shape index (κ1) is 73.6. The molecule has 0 bridgehead atoms. The molecular weight excluding hydrogens is 993 g/mol. The highest BCUT2D eigenvalue weighted by molar-refractivity contribution is 7.89. The van der Waals surface area contributed by atoms with Crippen molar-refractivity contribution >= 4 is 40.1 Å². The van der Waals surface area contributed by atoms with Gasteiger partial charge >= 0.3 is 0 Å². The summed E-state index contributed by atoms with van der Waals surface area (Å²) in [6.07, 6.45) is 23.4. The molecule has 0 spiro atoms. The molecular formula is C54H116N4O10S4. The van der Waals surface area contributed by atoms with Gasteiger partial charge in [0.15, 0.2) is 0 Å². The highest BCUT2D eigenvalue weighted by Crippen LogP contribution is 2.35. The molecule has 6 N–H and O–H groups in total. The van der Waals surface area contributed by atoms with Crippen molar-refractivity contribution in [1.82, 2.24) is 18.9 Å². The van der Waals surface area contributed by atoms with E-state index in [0.29, 0.717) is 35.5 Å². The topological polar surface area (TPSA) is 225 Å². The van der Waals surface area contributed by atoms with Crippen LogP contribution in [-0.4, -0.2) is 104 Å². The predicted molar refractivity (Wildman–Crippen MR) is 306 cm³/mol. The van der Waals surface area contributed by atoms with Gasteiger partial charge in [0.05, 0.1) is 36.2 Å². The summed E-state index contributed by atoms with van der Waals surface area (Å²) in [5.74, 6) is 7.23. The van der Waals surface area contributed by atoms with Gasteiger partial charge in [0, 0.05) is 24.2 Å². The lowest BCUT2D eigenvalue weighted by Crippen LogP contribution is -2.45. The van der Waals surface area contributed by atoms with Crippen molar-refractivity contribution in [3.63, 3.8) is 0 Å². The van der Waals surface area contributed by atoms with E-state index in [1.54, 1.807) is 0 Å². The average molecular weight is 1110 g/mol. The molecule has 0 aromatic carbocycles. The van der Waals surface area contributed by atoms with Crippen LogP contribution in [0.25, 0.3) is 0 Å². The predicted octanol–water partition coefficient (Wildman–Crippen LogP) is 10.6. The molecule has 2 atom stereocenters. The Morgan fingerprint density at radius 1 is 0.389 bits per heavy atom. The first-order valence-corrected chi connectivity index (χ1v) is 35.4. The van der Waals surface area contributed by atoms with Crippen LogP contribution in [0.2, 0.25) is 0 Å².